The molecule has 8 nitrogen and oxygen atoms in total. The van der Waals surface area contributed by atoms with Gasteiger partial charge >= 0.3 is 6.03 Å². The third kappa shape index (κ3) is 4.84. The van der Waals surface area contributed by atoms with Gasteiger partial charge in [0.2, 0.25) is 5.88 Å². The van der Waals surface area contributed by atoms with Gasteiger partial charge in [0.05, 0.1) is 0 Å². The molecule has 0 radical (unpaired) electrons. The Bertz CT molecular complexity index is 1210. The number of amides is 2. The van der Waals surface area contributed by atoms with Crippen molar-refractivity contribution in [2.75, 3.05) is 10.6 Å². The summed E-state index contributed by atoms with van der Waals surface area (Å²) < 4.78 is 21.1. The first-order valence-electron chi connectivity index (χ1n) is 9.44. The van der Waals surface area contributed by atoms with Gasteiger partial charge in [-0.3, -0.25) is 4.57 Å². The molecule has 9 heteroatoms. The highest BCUT2D eigenvalue weighted by molar-refractivity contribution is 5.99. The van der Waals surface area contributed by atoms with Crippen LogP contribution in [0.2, 0.25) is 0 Å². The minimum atomic E-state index is -0.479. The summed E-state index contributed by atoms with van der Waals surface area (Å²) in [6.45, 7) is 3.53. The first-order chi connectivity index (χ1) is 15.0. The number of aryl methyl sites for hydroxylation is 2. The second-order valence-electron chi connectivity index (χ2n) is 6.74. The molecule has 0 aliphatic heterocycles. The van der Waals surface area contributed by atoms with Gasteiger partial charge in [0.1, 0.15) is 17.4 Å². The number of carbonyl (C=O) groups is 1. The third-order valence-corrected chi connectivity index (χ3v) is 4.46. The fourth-order valence-electron chi connectivity index (χ4n) is 2.81. The smallest absolute Gasteiger partial charge is 0.323 e. The molecule has 2 aromatic heterocycles. The second kappa shape index (κ2) is 8.62. The Morgan fingerprint density at radius 1 is 0.968 bits per heavy atom. The van der Waals surface area contributed by atoms with E-state index in [1.54, 1.807) is 67.8 Å². The molecule has 2 heterocycles. The van der Waals surface area contributed by atoms with Gasteiger partial charge in [-0.05, 0) is 61.9 Å². The van der Waals surface area contributed by atoms with Crippen LogP contribution in [0.5, 0.6) is 11.6 Å². The molecule has 0 atom stereocenters. The van der Waals surface area contributed by atoms with Crippen molar-refractivity contribution >= 4 is 17.4 Å². The monoisotopic (exact) mass is 418 g/mol. The van der Waals surface area contributed by atoms with E-state index in [1.165, 1.54) is 6.07 Å². The lowest BCUT2D eigenvalue weighted by molar-refractivity contribution is 0.262. The molecular formula is C22H19FN6O2. The summed E-state index contributed by atoms with van der Waals surface area (Å²) in [6.07, 6.45) is 3.49. The van der Waals surface area contributed by atoms with Crippen molar-refractivity contribution in [2.24, 2.45) is 0 Å². The quantitative estimate of drug-likeness (QED) is 0.483. The topological polar surface area (TPSA) is 94.0 Å². The van der Waals surface area contributed by atoms with Gasteiger partial charge < -0.3 is 15.4 Å². The highest BCUT2D eigenvalue weighted by Gasteiger charge is 2.07. The van der Waals surface area contributed by atoms with E-state index in [4.69, 9.17) is 4.74 Å². The van der Waals surface area contributed by atoms with Gasteiger partial charge in [0.25, 0.3) is 0 Å². The first kappa shape index (κ1) is 20.0. The van der Waals surface area contributed by atoms with Crippen molar-refractivity contribution in [1.29, 1.82) is 0 Å². The Balaban J connectivity index is 1.35. The highest BCUT2D eigenvalue weighted by atomic mass is 19.1. The van der Waals surface area contributed by atoms with Crippen LogP contribution in [0.25, 0.3) is 5.82 Å². The Morgan fingerprint density at radius 3 is 2.35 bits per heavy atom. The zero-order valence-corrected chi connectivity index (χ0v) is 16.8. The Kier molecular flexibility index (Phi) is 5.57. The number of imidazole rings is 1. The lowest BCUT2D eigenvalue weighted by Gasteiger charge is -2.10. The zero-order chi connectivity index (χ0) is 21.8. The molecule has 0 spiro atoms. The van der Waals surface area contributed by atoms with Gasteiger partial charge in [0.15, 0.2) is 5.82 Å². The van der Waals surface area contributed by atoms with Crippen molar-refractivity contribution in [3.05, 3.63) is 84.2 Å². The molecule has 31 heavy (non-hydrogen) atoms. The Hall–Kier alpha value is -4.27. The first-order valence-corrected chi connectivity index (χ1v) is 9.44. The van der Waals surface area contributed by atoms with Gasteiger partial charge in [-0.2, -0.15) is 0 Å². The molecule has 2 aromatic carbocycles. The number of carbonyl (C=O) groups excluding carboxylic acids is 1. The number of nitrogens with one attached hydrogen (secondary N) is 2. The maximum absolute atomic E-state index is 13.6. The van der Waals surface area contributed by atoms with Crippen LogP contribution in [0.15, 0.2) is 67.0 Å². The number of hydrogen-bond donors (Lipinski definition) is 2. The van der Waals surface area contributed by atoms with Crippen LogP contribution in [0.1, 0.15) is 11.4 Å². The van der Waals surface area contributed by atoms with Gasteiger partial charge in [0, 0.05) is 29.8 Å². The molecule has 0 unspecified atom stereocenters. The van der Waals surface area contributed by atoms with E-state index < -0.39 is 6.03 Å². The number of benzene rings is 2. The average molecular weight is 418 g/mol. The molecule has 0 fully saturated rings. The number of hydrogen-bond acceptors (Lipinski definition) is 5. The molecule has 4 aromatic rings. The SMILES string of the molecule is Cc1ccc(NC(=O)Nc2ccc(Oc3ccc(-n4ccnc4C)nn3)cc2)cc1F. The van der Waals surface area contributed by atoms with E-state index in [2.05, 4.69) is 25.8 Å². The lowest BCUT2D eigenvalue weighted by Crippen LogP contribution is -2.19. The molecule has 0 bridgehead atoms. The number of ether oxygens (including phenoxy) is 1. The van der Waals surface area contributed by atoms with Crippen LogP contribution in [0.3, 0.4) is 0 Å². The summed E-state index contributed by atoms with van der Waals surface area (Å²) in [7, 11) is 0. The standard InChI is InChI=1S/C22H19FN6O2/c1-14-3-4-17(13-19(14)23)26-22(30)25-16-5-7-18(8-6-16)31-21-10-9-20(27-28-21)29-12-11-24-15(29)2/h3-13H,1-2H3,(H2,25,26,30). The van der Waals surface area contributed by atoms with Crippen molar-refractivity contribution in [3.63, 3.8) is 0 Å². The fraction of sp³-hybridized carbons (Fsp3) is 0.0909. The van der Waals surface area contributed by atoms with Crippen LogP contribution in [-0.4, -0.2) is 25.8 Å². The number of urea groups is 1. The molecular weight excluding hydrogens is 399 g/mol. The van der Waals surface area contributed by atoms with E-state index in [1.807, 2.05) is 11.5 Å². The van der Waals surface area contributed by atoms with Crippen LogP contribution >= 0.6 is 0 Å². The highest BCUT2D eigenvalue weighted by Crippen LogP contribution is 2.22. The molecule has 4 rings (SSSR count). The molecule has 2 N–H and O–H groups in total. The van der Waals surface area contributed by atoms with Crippen molar-refractivity contribution in [1.82, 2.24) is 19.7 Å². The van der Waals surface area contributed by atoms with Gasteiger partial charge in [-0.1, -0.05) is 6.07 Å². The summed E-state index contributed by atoms with van der Waals surface area (Å²) >= 11 is 0. The van der Waals surface area contributed by atoms with Crippen molar-refractivity contribution in [3.8, 4) is 17.4 Å². The number of nitrogens with zero attached hydrogens (tertiary/aromatic N) is 4. The number of aromatic nitrogens is 4. The largest absolute Gasteiger partial charge is 0.438 e. The van der Waals surface area contributed by atoms with Crippen molar-refractivity contribution in [2.45, 2.75) is 13.8 Å². The van der Waals surface area contributed by atoms with Gasteiger partial charge in [-0.15, -0.1) is 10.2 Å². The maximum atomic E-state index is 13.6. The van der Waals surface area contributed by atoms with Crippen LogP contribution < -0.4 is 15.4 Å². The summed E-state index contributed by atoms with van der Waals surface area (Å²) in [5, 5.41) is 13.5. The Morgan fingerprint density at radius 2 is 1.71 bits per heavy atom. The predicted octanol–water partition coefficient (Wildman–Crippen LogP) is 4.85. The Labute approximate surface area is 177 Å². The number of anilines is 2. The summed E-state index contributed by atoms with van der Waals surface area (Å²) in [5.41, 5.74) is 1.43. The molecule has 156 valence electrons. The summed E-state index contributed by atoms with van der Waals surface area (Å²) in [6, 6.07) is 14.3. The molecule has 2 amide bonds. The number of halogens is 1. The molecule has 0 saturated heterocycles. The molecule has 0 aliphatic carbocycles. The third-order valence-electron chi connectivity index (χ3n) is 4.46. The zero-order valence-electron chi connectivity index (χ0n) is 16.8. The predicted molar refractivity (Wildman–Crippen MR) is 114 cm³/mol. The fourth-order valence-corrected chi connectivity index (χ4v) is 2.81. The van der Waals surface area contributed by atoms with E-state index in [9.17, 15) is 9.18 Å². The van der Waals surface area contributed by atoms with E-state index in [0.717, 1.165) is 5.82 Å². The molecule has 0 aliphatic rings. The van der Waals surface area contributed by atoms with Crippen LogP contribution in [0.4, 0.5) is 20.6 Å². The minimum Gasteiger partial charge on any atom is -0.438 e. The minimum absolute atomic E-state index is 0.335. The van der Waals surface area contributed by atoms with E-state index in [0.29, 0.717) is 34.4 Å². The average Bonchev–Trinajstić information content (AvgIpc) is 3.18. The normalized spacial score (nSPS) is 10.5. The summed E-state index contributed by atoms with van der Waals surface area (Å²) in [5.74, 6) is 1.94. The van der Waals surface area contributed by atoms with Crippen molar-refractivity contribution < 1.29 is 13.9 Å². The van der Waals surface area contributed by atoms with Gasteiger partial charge in [-0.25, -0.2) is 14.2 Å². The van der Waals surface area contributed by atoms with E-state index >= 15 is 0 Å². The van der Waals surface area contributed by atoms with E-state index in [-0.39, 0.29) is 5.82 Å². The van der Waals surface area contributed by atoms with Crippen LogP contribution in [-0.2, 0) is 0 Å². The second-order valence-corrected chi connectivity index (χ2v) is 6.74. The maximum Gasteiger partial charge on any atom is 0.323 e. The van der Waals surface area contributed by atoms with Crippen LogP contribution in [0, 0.1) is 19.7 Å². The summed E-state index contributed by atoms with van der Waals surface area (Å²) in [4.78, 5) is 16.3. The lowest BCUT2D eigenvalue weighted by atomic mass is 10.2. The number of rotatable bonds is 5. The molecule has 0 saturated carbocycles.